The number of likely N-dealkylation sites (N-methyl/N-ethyl adjacent to an activating group) is 2. The van der Waals surface area contributed by atoms with Gasteiger partial charge in [0.05, 0.1) is 0 Å². The van der Waals surface area contributed by atoms with Crippen molar-refractivity contribution in [2.75, 3.05) is 45.6 Å². The van der Waals surface area contributed by atoms with Crippen molar-refractivity contribution in [3.8, 4) is 0 Å². The molecule has 19 heavy (non-hydrogen) atoms. The van der Waals surface area contributed by atoms with Gasteiger partial charge in [-0.3, -0.25) is 4.90 Å². The molecule has 6 heteroatoms. The Hall–Kier alpha value is -1.66. The lowest BCUT2D eigenvalue weighted by atomic mass is 10.2. The molecule has 104 valence electrons. The van der Waals surface area contributed by atoms with Crippen LogP contribution in [0.5, 0.6) is 0 Å². The molecule has 0 radical (unpaired) electrons. The number of nitrogens with one attached hydrogen (secondary N) is 1. The van der Waals surface area contributed by atoms with Crippen molar-refractivity contribution in [3.63, 3.8) is 0 Å². The van der Waals surface area contributed by atoms with Crippen LogP contribution in [0.2, 0.25) is 0 Å². The first-order chi connectivity index (χ1) is 9.06. The fraction of sp³-hybridized carbons (Fsp3) is 0.538. The SMILES string of the molecule is CN1CCN(C)C(CNc2ccnc(C(=O)O)c2)C1. The summed E-state index contributed by atoms with van der Waals surface area (Å²) in [4.78, 5) is 19.3. The number of aromatic carboxylic acids is 1. The Morgan fingerprint density at radius 1 is 1.53 bits per heavy atom. The van der Waals surface area contributed by atoms with Crippen molar-refractivity contribution >= 4 is 11.7 Å². The fourth-order valence-corrected chi connectivity index (χ4v) is 2.21. The number of carboxylic acids is 1. The highest BCUT2D eigenvalue weighted by Gasteiger charge is 2.21. The van der Waals surface area contributed by atoms with Crippen molar-refractivity contribution in [2.24, 2.45) is 0 Å². The minimum absolute atomic E-state index is 0.0686. The Kier molecular flexibility index (Phi) is 4.34. The quantitative estimate of drug-likeness (QED) is 0.822. The van der Waals surface area contributed by atoms with Crippen LogP contribution >= 0.6 is 0 Å². The number of hydrogen-bond donors (Lipinski definition) is 2. The number of anilines is 1. The molecule has 2 rings (SSSR count). The molecule has 6 nitrogen and oxygen atoms in total. The molecular formula is C13H20N4O2. The predicted octanol–water partition coefficient (Wildman–Crippen LogP) is 0.438. The van der Waals surface area contributed by atoms with Crippen molar-refractivity contribution in [1.82, 2.24) is 14.8 Å². The number of pyridine rings is 1. The van der Waals surface area contributed by atoms with Crippen LogP contribution in [0.1, 0.15) is 10.5 Å². The molecule has 2 heterocycles. The molecule has 0 aromatic carbocycles. The first-order valence-corrected chi connectivity index (χ1v) is 6.38. The number of rotatable bonds is 4. The van der Waals surface area contributed by atoms with Gasteiger partial charge in [-0.2, -0.15) is 0 Å². The molecule has 0 bridgehead atoms. The smallest absolute Gasteiger partial charge is 0.354 e. The van der Waals surface area contributed by atoms with Crippen LogP contribution in [0.3, 0.4) is 0 Å². The van der Waals surface area contributed by atoms with Crippen LogP contribution in [-0.4, -0.2) is 72.2 Å². The topological polar surface area (TPSA) is 68.7 Å². The van der Waals surface area contributed by atoms with E-state index in [0.29, 0.717) is 6.04 Å². The fourth-order valence-electron chi connectivity index (χ4n) is 2.21. The number of carboxylic acid groups (broad SMARTS) is 1. The molecule has 0 spiro atoms. The summed E-state index contributed by atoms with van der Waals surface area (Å²) in [6.45, 7) is 3.95. The minimum Gasteiger partial charge on any atom is -0.477 e. The van der Waals surface area contributed by atoms with Gasteiger partial charge < -0.3 is 15.3 Å². The number of hydrogen-bond acceptors (Lipinski definition) is 5. The zero-order chi connectivity index (χ0) is 13.8. The zero-order valence-corrected chi connectivity index (χ0v) is 11.3. The summed E-state index contributed by atoms with van der Waals surface area (Å²) >= 11 is 0. The molecule has 1 aliphatic rings. The van der Waals surface area contributed by atoms with Gasteiger partial charge in [0.15, 0.2) is 0 Å². The third-order valence-corrected chi connectivity index (χ3v) is 3.50. The summed E-state index contributed by atoms with van der Waals surface area (Å²) < 4.78 is 0. The molecule has 2 N–H and O–H groups in total. The third kappa shape index (κ3) is 3.65. The van der Waals surface area contributed by atoms with Crippen LogP contribution < -0.4 is 5.32 Å². The molecule has 1 aromatic rings. The maximum Gasteiger partial charge on any atom is 0.354 e. The molecular weight excluding hydrogens is 244 g/mol. The molecule has 1 unspecified atom stereocenters. The Labute approximate surface area is 113 Å². The average Bonchev–Trinajstić information content (AvgIpc) is 2.40. The molecule has 1 aliphatic heterocycles. The molecule has 0 aliphatic carbocycles. The van der Waals surface area contributed by atoms with Crippen molar-refractivity contribution in [3.05, 3.63) is 24.0 Å². The lowest BCUT2D eigenvalue weighted by Gasteiger charge is -2.37. The number of nitrogens with zero attached hydrogens (tertiary/aromatic N) is 3. The number of carbonyl (C=O) groups is 1. The van der Waals surface area contributed by atoms with Gasteiger partial charge in [-0.05, 0) is 26.2 Å². The molecule has 1 saturated heterocycles. The summed E-state index contributed by atoms with van der Waals surface area (Å²) in [5.41, 5.74) is 0.869. The van der Waals surface area contributed by atoms with Gasteiger partial charge in [0, 0.05) is 44.1 Å². The van der Waals surface area contributed by atoms with Gasteiger partial charge >= 0.3 is 5.97 Å². The van der Waals surface area contributed by atoms with E-state index in [-0.39, 0.29) is 5.69 Å². The monoisotopic (exact) mass is 264 g/mol. The summed E-state index contributed by atoms with van der Waals surface area (Å²) in [6, 6.07) is 3.79. The standard InChI is InChI=1S/C13H20N4O2/c1-16-5-6-17(2)11(9-16)8-15-10-3-4-14-12(7-10)13(18)19/h3-4,7,11H,5-6,8-9H2,1-2H3,(H,14,15)(H,18,19). The maximum atomic E-state index is 10.8. The van der Waals surface area contributed by atoms with E-state index in [9.17, 15) is 4.79 Å². The molecule has 1 fully saturated rings. The van der Waals surface area contributed by atoms with E-state index in [2.05, 4.69) is 34.2 Å². The van der Waals surface area contributed by atoms with Gasteiger partial charge in [-0.25, -0.2) is 9.78 Å². The summed E-state index contributed by atoms with van der Waals surface area (Å²) in [5.74, 6) is -1.00. The second-order valence-electron chi connectivity index (χ2n) is 5.01. The Bertz CT molecular complexity index is 452. The highest BCUT2D eigenvalue weighted by molar-refractivity contribution is 5.86. The summed E-state index contributed by atoms with van der Waals surface area (Å²) in [5, 5.41) is 12.2. The van der Waals surface area contributed by atoms with E-state index in [1.807, 2.05) is 0 Å². The number of piperazine rings is 1. The zero-order valence-electron chi connectivity index (χ0n) is 11.3. The predicted molar refractivity (Wildman–Crippen MR) is 73.6 cm³/mol. The van der Waals surface area contributed by atoms with Crippen molar-refractivity contribution in [1.29, 1.82) is 0 Å². The molecule has 1 aromatic heterocycles. The second kappa shape index (κ2) is 5.99. The van der Waals surface area contributed by atoms with E-state index in [1.165, 1.54) is 6.20 Å². The lowest BCUT2D eigenvalue weighted by molar-refractivity contribution is 0.0690. The van der Waals surface area contributed by atoms with Crippen LogP contribution in [0, 0.1) is 0 Å². The van der Waals surface area contributed by atoms with E-state index < -0.39 is 5.97 Å². The molecule has 0 saturated carbocycles. The van der Waals surface area contributed by atoms with E-state index in [1.54, 1.807) is 12.1 Å². The summed E-state index contributed by atoms with van der Waals surface area (Å²) in [6.07, 6.45) is 1.52. The highest BCUT2D eigenvalue weighted by Crippen LogP contribution is 2.11. The minimum atomic E-state index is -1.00. The first-order valence-electron chi connectivity index (χ1n) is 6.38. The van der Waals surface area contributed by atoms with Gasteiger partial charge in [0.25, 0.3) is 0 Å². The lowest BCUT2D eigenvalue weighted by Crippen LogP contribution is -2.52. The highest BCUT2D eigenvalue weighted by atomic mass is 16.4. The second-order valence-corrected chi connectivity index (χ2v) is 5.01. The average molecular weight is 264 g/mol. The Balaban J connectivity index is 1.94. The van der Waals surface area contributed by atoms with Gasteiger partial charge in [-0.15, -0.1) is 0 Å². The van der Waals surface area contributed by atoms with Crippen LogP contribution in [-0.2, 0) is 0 Å². The van der Waals surface area contributed by atoms with Crippen LogP contribution in [0.4, 0.5) is 5.69 Å². The third-order valence-electron chi connectivity index (χ3n) is 3.50. The summed E-state index contributed by atoms with van der Waals surface area (Å²) in [7, 11) is 4.24. The van der Waals surface area contributed by atoms with E-state index in [0.717, 1.165) is 31.9 Å². The van der Waals surface area contributed by atoms with E-state index in [4.69, 9.17) is 5.11 Å². The largest absolute Gasteiger partial charge is 0.477 e. The van der Waals surface area contributed by atoms with E-state index >= 15 is 0 Å². The van der Waals surface area contributed by atoms with Crippen molar-refractivity contribution < 1.29 is 9.90 Å². The van der Waals surface area contributed by atoms with Crippen LogP contribution in [0.25, 0.3) is 0 Å². The normalized spacial score (nSPS) is 21.3. The first kappa shape index (κ1) is 13.8. The van der Waals surface area contributed by atoms with Gasteiger partial charge in [-0.1, -0.05) is 0 Å². The van der Waals surface area contributed by atoms with Gasteiger partial charge in [0.1, 0.15) is 5.69 Å². The Morgan fingerprint density at radius 2 is 2.32 bits per heavy atom. The van der Waals surface area contributed by atoms with Crippen LogP contribution in [0.15, 0.2) is 18.3 Å². The maximum absolute atomic E-state index is 10.8. The van der Waals surface area contributed by atoms with Gasteiger partial charge in [0.2, 0.25) is 0 Å². The molecule has 1 atom stereocenters. The number of aromatic nitrogens is 1. The Morgan fingerprint density at radius 3 is 3.05 bits per heavy atom. The molecule has 0 amide bonds. The van der Waals surface area contributed by atoms with Crippen molar-refractivity contribution in [2.45, 2.75) is 6.04 Å².